The van der Waals surface area contributed by atoms with Gasteiger partial charge in [0.25, 0.3) is 0 Å². The fourth-order valence-electron chi connectivity index (χ4n) is 2.01. The highest BCUT2D eigenvalue weighted by Crippen LogP contribution is 2.64. The van der Waals surface area contributed by atoms with Crippen LogP contribution >= 0.6 is 23.2 Å². The van der Waals surface area contributed by atoms with E-state index >= 15 is 0 Å². The summed E-state index contributed by atoms with van der Waals surface area (Å²) < 4.78 is 17.6. The van der Waals surface area contributed by atoms with Crippen molar-refractivity contribution >= 4 is 46.5 Å². The van der Waals surface area contributed by atoms with Gasteiger partial charge in [-0.3, -0.25) is 14.4 Å². The molecule has 0 radical (unpaired) electrons. The van der Waals surface area contributed by atoms with Gasteiger partial charge in [-0.05, 0) is 25.1 Å². The van der Waals surface area contributed by atoms with E-state index in [0.29, 0.717) is 0 Å². The van der Waals surface area contributed by atoms with Crippen molar-refractivity contribution in [2.45, 2.75) is 24.6 Å². The quantitative estimate of drug-likeness (QED) is 0.496. The summed E-state index contributed by atoms with van der Waals surface area (Å²) in [5.41, 5.74) is -1.07. The molecule has 124 valence electrons. The van der Waals surface area contributed by atoms with E-state index in [-0.39, 0.29) is 23.6 Å². The number of halogens is 3. The van der Waals surface area contributed by atoms with Crippen LogP contribution < -0.4 is 5.32 Å². The summed E-state index contributed by atoms with van der Waals surface area (Å²) in [7, 11) is 0. The van der Waals surface area contributed by atoms with Gasteiger partial charge < -0.3 is 10.1 Å². The third kappa shape index (κ3) is 3.64. The van der Waals surface area contributed by atoms with Crippen molar-refractivity contribution in [3.05, 3.63) is 29.6 Å². The molecule has 0 unspecified atom stereocenters. The van der Waals surface area contributed by atoms with Gasteiger partial charge in [-0.1, -0.05) is 0 Å². The molecule has 1 amide bonds. The highest BCUT2D eigenvalue weighted by molar-refractivity contribution is 6.53. The van der Waals surface area contributed by atoms with Gasteiger partial charge in [-0.25, -0.2) is 4.39 Å². The van der Waals surface area contributed by atoms with Gasteiger partial charge in [0.2, 0.25) is 11.7 Å². The van der Waals surface area contributed by atoms with Crippen LogP contribution in [-0.4, -0.2) is 28.6 Å². The maximum atomic E-state index is 13.9. The number of anilines is 1. The van der Waals surface area contributed by atoms with E-state index in [9.17, 15) is 18.8 Å². The third-order valence-corrected chi connectivity index (χ3v) is 4.73. The Hall–Kier alpha value is -1.66. The van der Waals surface area contributed by atoms with Crippen LogP contribution in [0.25, 0.3) is 0 Å². The molecule has 1 atom stereocenters. The Morgan fingerprint density at radius 1 is 1.35 bits per heavy atom. The van der Waals surface area contributed by atoms with Gasteiger partial charge in [-0.15, -0.1) is 23.2 Å². The maximum Gasteiger partial charge on any atom is 0.315 e. The van der Waals surface area contributed by atoms with Crippen molar-refractivity contribution in [1.29, 1.82) is 0 Å². The van der Waals surface area contributed by atoms with Crippen molar-refractivity contribution in [3.8, 4) is 0 Å². The van der Waals surface area contributed by atoms with E-state index in [1.807, 2.05) is 0 Å². The number of hydrogen-bond acceptors (Lipinski definition) is 4. The molecule has 0 aromatic heterocycles. The second-order valence-electron chi connectivity index (χ2n) is 5.59. The third-order valence-electron chi connectivity index (χ3n) is 3.63. The Morgan fingerprint density at radius 2 is 1.96 bits per heavy atom. The molecule has 0 saturated heterocycles. The molecular formula is C15H14Cl2FNO4. The number of ether oxygens (including phenoxy) is 1. The number of alkyl halides is 2. The highest BCUT2D eigenvalue weighted by atomic mass is 35.5. The number of hydrogen-bond donors (Lipinski definition) is 1. The number of benzene rings is 1. The molecule has 1 aromatic rings. The largest absolute Gasteiger partial charge is 0.457 e. The first-order chi connectivity index (χ1) is 10.6. The Morgan fingerprint density at radius 3 is 2.43 bits per heavy atom. The van der Waals surface area contributed by atoms with E-state index in [4.69, 9.17) is 27.9 Å². The highest BCUT2D eigenvalue weighted by Gasteiger charge is 2.69. The maximum absolute atomic E-state index is 13.9. The molecule has 23 heavy (non-hydrogen) atoms. The molecule has 1 saturated carbocycles. The van der Waals surface area contributed by atoms with Gasteiger partial charge in [-0.2, -0.15) is 0 Å². The van der Waals surface area contributed by atoms with Crippen LogP contribution in [-0.2, 0) is 14.3 Å². The molecule has 0 heterocycles. The minimum atomic E-state index is -1.20. The summed E-state index contributed by atoms with van der Waals surface area (Å²) >= 11 is 11.7. The van der Waals surface area contributed by atoms with Gasteiger partial charge >= 0.3 is 5.97 Å². The first-order valence-electron chi connectivity index (χ1n) is 6.72. The molecule has 0 aliphatic heterocycles. The molecule has 1 aromatic carbocycles. The SMILES string of the molecule is CC(=O)Nc1ccc(C(=O)COC(=O)[C@@]2(C)CC2(Cl)Cl)c(F)c1. The average Bonchev–Trinajstić information content (AvgIpc) is 2.95. The molecule has 2 rings (SSSR count). The first-order valence-corrected chi connectivity index (χ1v) is 7.48. The number of ketones is 1. The first kappa shape index (κ1) is 17.7. The summed E-state index contributed by atoms with van der Waals surface area (Å²) in [6.45, 7) is 2.19. The molecule has 8 heteroatoms. The number of Topliss-reactive ketones (excluding diaryl/α,β-unsaturated/α-hetero) is 1. The van der Waals surface area contributed by atoms with Crippen LogP contribution in [0, 0.1) is 11.2 Å². The van der Waals surface area contributed by atoms with Crippen molar-refractivity contribution in [2.24, 2.45) is 5.41 Å². The van der Waals surface area contributed by atoms with Crippen molar-refractivity contribution in [1.82, 2.24) is 0 Å². The molecule has 1 aliphatic rings. The van der Waals surface area contributed by atoms with Crippen molar-refractivity contribution in [2.75, 3.05) is 11.9 Å². The second-order valence-corrected chi connectivity index (χ2v) is 7.07. The number of rotatable bonds is 5. The minimum Gasteiger partial charge on any atom is -0.457 e. The molecular weight excluding hydrogens is 348 g/mol. The van der Waals surface area contributed by atoms with Gasteiger partial charge in [0.15, 0.2) is 6.61 Å². The fraction of sp³-hybridized carbons (Fsp3) is 0.400. The smallest absolute Gasteiger partial charge is 0.315 e. The number of carbonyl (C=O) groups excluding carboxylic acids is 3. The van der Waals surface area contributed by atoms with E-state index < -0.39 is 33.9 Å². The van der Waals surface area contributed by atoms with E-state index in [0.717, 1.165) is 6.07 Å². The van der Waals surface area contributed by atoms with Gasteiger partial charge in [0.05, 0.1) is 5.56 Å². The lowest BCUT2D eigenvalue weighted by atomic mass is 10.1. The van der Waals surface area contributed by atoms with Gasteiger partial charge in [0, 0.05) is 19.0 Å². The summed E-state index contributed by atoms with van der Waals surface area (Å²) in [4.78, 5) is 34.7. The molecule has 1 fully saturated rings. The molecule has 5 nitrogen and oxygen atoms in total. The van der Waals surface area contributed by atoms with Crippen molar-refractivity contribution < 1.29 is 23.5 Å². The lowest BCUT2D eigenvalue weighted by Gasteiger charge is -2.11. The number of amides is 1. The summed E-state index contributed by atoms with van der Waals surface area (Å²) in [5, 5.41) is 2.39. The van der Waals surface area contributed by atoms with Crippen LogP contribution in [0.15, 0.2) is 18.2 Å². The van der Waals surface area contributed by atoms with E-state index in [1.165, 1.54) is 26.0 Å². The van der Waals surface area contributed by atoms with Crippen LogP contribution in [0.2, 0.25) is 0 Å². The van der Waals surface area contributed by atoms with Crippen molar-refractivity contribution in [3.63, 3.8) is 0 Å². The monoisotopic (exact) mass is 361 g/mol. The summed E-state index contributed by atoms with van der Waals surface area (Å²) in [5.74, 6) is -2.59. The second kappa shape index (κ2) is 6.09. The van der Waals surface area contributed by atoms with Crippen LogP contribution in [0.5, 0.6) is 0 Å². The average molecular weight is 362 g/mol. The standard InChI is InChI=1S/C15H14Cl2FNO4/c1-8(20)19-9-3-4-10(11(18)5-9)12(21)6-23-13(22)14(2)7-15(14,16)17/h3-5H,6-7H2,1-2H3,(H,19,20)/t14-/m1/s1. The molecule has 0 spiro atoms. The van der Waals surface area contributed by atoms with E-state index in [2.05, 4.69) is 5.32 Å². The topological polar surface area (TPSA) is 72.5 Å². The molecule has 1 aliphatic carbocycles. The summed E-state index contributed by atoms with van der Waals surface area (Å²) in [6, 6.07) is 3.61. The zero-order valence-electron chi connectivity index (χ0n) is 12.4. The Kier molecular flexibility index (Phi) is 4.69. The number of esters is 1. The Labute approximate surface area is 142 Å². The van der Waals surface area contributed by atoms with Gasteiger partial charge in [0.1, 0.15) is 15.6 Å². The normalized spacial score (nSPS) is 21.4. The lowest BCUT2D eigenvalue weighted by molar-refractivity contribution is -0.148. The predicted molar refractivity (Wildman–Crippen MR) is 83.2 cm³/mol. The van der Waals surface area contributed by atoms with E-state index in [1.54, 1.807) is 0 Å². The van der Waals surface area contributed by atoms with Crippen LogP contribution in [0.3, 0.4) is 0 Å². The number of nitrogens with one attached hydrogen (secondary N) is 1. The Balaban J connectivity index is 1.99. The van der Waals surface area contributed by atoms with Crippen LogP contribution in [0.1, 0.15) is 30.6 Å². The predicted octanol–water partition coefficient (Wildman–Crippen LogP) is 3.09. The zero-order chi connectivity index (χ0) is 17.4. The minimum absolute atomic E-state index is 0.225. The number of carbonyl (C=O) groups is 3. The Bertz CT molecular complexity index is 692. The summed E-state index contributed by atoms with van der Waals surface area (Å²) in [6.07, 6.45) is 0.232. The fourth-order valence-corrected chi connectivity index (χ4v) is 2.70. The van der Waals surface area contributed by atoms with Crippen LogP contribution in [0.4, 0.5) is 10.1 Å². The molecule has 0 bridgehead atoms. The molecule has 1 N–H and O–H groups in total. The lowest BCUT2D eigenvalue weighted by Crippen LogP contribution is -2.24. The zero-order valence-corrected chi connectivity index (χ0v) is 13.9.